The normalized spacial score (nSPS) is 20.9. The van der Waals surface area contributed by atoms with Gasteiger partial charge in [-0.15, -0.1) is 0 Å². The molecule has 0 bridgehead atoms. The van der Waals surface area contributed by atoms with Gasteiger partial charge in [0.15, 0.2) is 5.69 Å². The highest BCUT2D eigenvalue weighted by atomic mass is 16.5. The summed E-state index contributed by atoms with van der Waals surface area (Å²) in [4.78, 5) is 28.9. The minimum Gasteiger partial charge on any atom is -0.391 e. The number of hydrogen-bond donors (Lipinski definition) is 3. The van der Waals surface area contributed by atoms with E-state index in [0.717, 1.165) is 25.7 Å². The number of aliphatic hydroxyl groups excluding tert-OH is 1. The molecule has 1 fully saturated rings. The van der Waals surface area contributed by atoms with Crippen molar-refractivity contribution in [3.8, 4) is 5.95 Å². The first-order chi connectivity index (χ1) is 13.6. The summed E-state index contributed by atoms with van der Waals surface area (Å²) < 4.78 is 7.36. The SMILES string of the molecule is C[C@H](O)COC1CCC(NC(=O)c2nc(-n3ccnc3)nc3cc[nH]c23)CC1. The van der Waals surface area contributed by atoms with Crippen molar-refractivity contribution < 1.29 is 14.6 Å². The zero-order valence-electron chi connectivity index (χ0n) is 15.7. The third-order valence-electron chi connectivity index (χ3n) is 4.93. The lowest BCUT2D eigenvalue weighted by Crippen LogP contribution is -2.40. The molecule has 3 N–H and O–H groups in total. The summed E-state index contributed by atoms with van der Waals surface area (Å²) in [6, 6.07) is 1.90. The van der Waals surface area contributed by atoms with E-state index in [0.29, 0.717) is 29.3 Å². The number of hydrogen-bond acceptors (Lipinski definition) is 6. The first kappa shape index (κ1) is 18.6. The number of aromatic nitrogens is 5. The molecule has 0 saturated heterocycles. The fourth-order valence-electron chi connectivity index (χ4n) is 3.49. The van der Waals surface area contributed by atoms with Crippen LogP contribution in [0.15, 0.2) is 31.0 Å². The lowest BCUT2D eigenvalue weighted by atomic mass is 9.93. The summed E-state index contributed by atoms with van der Waals surface area (Å²) in [5.74, 6) is 0.189. The largest absolute Gasteiger partial charge is 0.391 e. The van der Waals surface area contributed by atoms with Crippen LogP contribution in [0.25, 0.3) is 17.0 Å². The van der Waals surface area contributed by atoms with Crippen LogP contribution >= 0.6 is 0 Å². The van der Waals surface area contributed by atoms with Crippen molar-refractivity contribution in [3.05, 3.63) is 36.7 Å². The maximum Gasteiger partial charge on any atom is 0.272 e. The van der Waals surface area contributed by atoms with Crippen LogP contribution in [0.3, 0.4) is 0 Å². The van der Waals surface area contributed by atoms with Gasteiger partial charge in [0.05, 0.1) is 29.8 Å². The van der Waals surface area contributed by atoms with Crippen molar-refractivity contribution in [1.29, 1.82) is 0 Å². The number of amides is 1. The van der Waals surface area contributed by atoms with E-state index in [2.05, 4.69) is 25.3 Å². The van der Waals surface area contributed by atoms with Gasteiger partial charge in [0.2, 0.25) is 5.95 Å². The lowest BCUT2D eigenvalue weighted by Gasteiger charge is -2.29. The summed E-state index contributed by atoms with van der Waals surface area (Å²) in [7, 11) is 0. The van der Waals surface area contributed by atoms with E-state index >= 15 is 0 Å². The Bertz CT molecular complexity index is 928. The maximum atomic E-state index is 12.9. The van der Waals surface area contributed by atoms with Gasteiger partial charge in [-0.05, 0) is 38.7 Å². The molecular formula is C19H24N6O3. The fourth-order valence-corrected chi connectivity index (χ4v) is 3.49. The number of H-pyrrole nitrogens is 1. The molecule has 0 aliphatic heterocycles. The molecule has 9 heteroatoms. The summed E-state index contributed by atoms with van der Waals surface area (Å²) >= 11 is 0. The van der Waals surface area contributed by atoms with Gasteiger partial charge in [0.1, 0.15) is 6.33 Å². The predicted molar refractivity (Wildman–Crippen MR) is 102 cm³/mol. The fraction of sp³-hybridized carbons (Fsp3) is 0.474. The Hall–Kier alpha value is -2.78. The number of rotatable bonds is 6. The van der Waals surface area contributed by atoms with Gasteiger partial charge in [-0.3, -0.25) is 9.36 Å². The quantitative estimate of drug-likeness (QED) is 0.594. The van der Waals surface area contributed by atoms with Crippen LogP contribution in [-0.4, -0.2) is 60.4 Å². The molecule has 1 aliphatic rings. The first-order valence-corrected chi connectivity index (χ1v) is 9.54. The molecule has 0 unspecified atom stereocenters. The molecule has 1 aliphatic carbocycles. The second-order valence-electron chi connectivity index (χ2n) is 7.21. The van der Waals surface area contributed by atoms with E-state index in [1.807, 2.05) is 6.07 Å². The van der Waals surface area contributed by atoms with Gasteiger partial charge in [0, 0.05) is 24.6 Å². The molecule has 3 aromatic heterocycles. The molecule has 0 aromatic carbocycles. The van der Waals surface area contributed by atoms with Gasteiger partial charge < -0.3 is 20.1 Å². The zero-order valence-corrected chi connectivity index (χ0v) is 15.7. The maximum absolute atomic E-state index is 12.9. The molecule has 0 spiro atoms. The van der Waals surface area contributed by atoms with Crippen molar-refractivity contribution in [2.45, 2.75) is 50.9 Å². The number of carbonyl (C=O) groups excluding carboxylic acids is 1. The van der Waals surface area contributed by atoms with Crippen LogP contribution in [-0.2, 0) is 4.74 Å². The lowest BCUT2D eigenvalue weighted by molar-refractivity contribution is -0.0210. The average Bonchev–Trinajstić information content (AvgIpc) is 3.38. The Morgan fingerprint density at radius 1 is 1.39 bits per heavy atom. The summed E-state index contributed by atoms with van der Waals surface area (Å²) in [6.45, 7) is 2.07. The Labute approximate surface area is 162 Å². The van der Waals surface area contributed by atoms with Gasteiger partial charge in [-0.25, -0.2) is 15.0 Å². The van der Waals surface area contributed by atoms with E-state index in [-0.39, 0.29) is 18.1 Å². The molecule has 3 aromatic rings. The first-order valence-electron chi connectivity index (χ1n) is 9.54. The predicted octanol–water partition coefficient (Wildman–Crippen LogP) is 1.58. The topological polar surface area (TPSA) is 118 Å². The van der Waals surface area contributed by atoms with E-state index in [1.165, 1.54) is 0 Å². The van der Waals surface area contributed by atoms with Crippen molar-refractivity contribution in [3.63, 3.8) is 0 Å². The average molecular weight is 384 g/mol. The van der Waals surface area contributed by atoms with Crippen molar-refractivity contribution in [2.24, 2.45) is 0 Å². The van der Waals surface area contributed by atoms with Crippen molar-refractivity contribution in [1.82, 2.24) is 29.8 Å². The smallest absolute Gasteiger partial charge is 0.272 e. The summed E-state index contributed by atoms with van der Waals surface area (Å²) in [6.07, 6.45) is 9.81. The van der Waals surface area contributed by atoms with E-state index in [1.54, 1.807) is 36.4 Å². The standard InChI is InChI=1S/C19H24N6O3/c1-12(26)10-28-14-4-2-13(3-5-14)22-18(27)17-16-15(6-7-21-16)23-19(24-17)25-9-8-20-11-25/h6-9,11-14,21,26H,2-5,10H2,1H3,(H,22,27)/t12-,13?,14?/m0/s1. The Morgan fingerprint density at radius 3 is 2.93 bits per heavy atom. The molecule has 1 amide bonds. The molecular weight excluding hydrogens is 360 g/mol. The molecule has 9 nitrogen and oxygen atoms in total. The van der Waals surface area contributed by atoms with Gasteiger partial charge in [-0.2, -0.15) is 0 Å². The van der Waals surface area contributed by atoms with Gasteiger partial charge in [-0.1, -0.05) is 0 Å². The van der Waals surface area contributed by atoms with Crippen LogP contribution in [0.2, 0.25) is 0 Å². The number of fused-ring (bicyclic) bond motifs is 1. The molecule has 28 heavy (non-hydrogen) atoms. The number of imidazole rings is 1. The number of aliphatic hydroxyl groups is 1. The highest BCUT2D eigenvalue weighted by molar-refractivity contribution is 6.03. The third kappa shape index (κ3) is 4.05. The van der Waals surface area contributed by atoms with Gasteiger partial charge in [0.25, 0.3) is 5.91 Å². The Kier molecular flexibility index (Phi) is 5.36. The Balaban J connectivity index is 1.45. The highest BCUT2D eigenvalue weighted by Gasteiger charge is 2.25. The molecule has 1 saturated carbocycles. The van der Waals surface area contributed by atoms with E-state index < -0.39 is 6.10 Å². The number of ether oxygens (including phenoxy) is 1. The second-order valence-corrected chi connectivity index (χ2v) is 7.21. The third-order valence-corrected chi connectivity index (χ3v) is 4.93. The number of nitrogens with zero attached hydrogens (tertiary/aromatic N) is 4. The molecule has 148 valence electrons. The zero-order chi connectivity index (χ0) is 19.5. The van der Waals surface area contributed by atoms with Crippen LogP contribution in [0.5, 0.6) is 0 Å². The highest BCUT2D eigenvalue weighted by Crippen LogP contribution is 2.22. The van der Waals surface area contributed by atoms with Crippen LogP contribution in [0, 0.1) is 0 Å². The van der Waals surface area contributed by atoms with Crippen LogP contribution in [0.1, 0.15) is 43.1 Å². The monoisotopic (exact) mass is 384 g/mol. The minimum absolute atomic E-state index is 0.0792. The number of aromatic amines is 1. The van der Waals surface area contributed by atoms with E-state index in [4.69, 9.17) is 4.74 Å². The summed E-state index contributed by atoms with van der Waals surface area (Å²) in [5.41, 5.74) is 1.63. The van der Waals surface area contributed by atoms with Crippen LogP contribution in [0.4, 0.5) is 0 Å². The molecule has 4 rings (SSSR count). The Morgan fingerprint density at radius 2 is 2.21 bits per heavy atom. The number of nitrogens with one attached hydrogen (secondary N) is 2. The molecule has 3 heterocycles. The summed E-state index contributed by atoms with van der Waals surface area (Å²) in [5, 5.41) is 12.4. The molecule has 1 atom stereocenters. The molecule has 0 radical (unpaired) electrons. The second kappa shape index (κ2) is 8.07. The van der Waals surface area contributed by atoms with Crippen molar-refractivity contribution >= 4 is 16.9 Å². The van der Waals surface area contributed by atoms with E-state index in [9.17, 15) is 9.90 Å². The van der Waals surface area contributed by atoms with Gasteiger partial charge >= 0.3 is 0 Å². The minimum atomic E-state index is -0.455. The van der Waals surface area contributed by atoms with Crippen LogP contribution < -0.4 is 5.32 Å². The van der Waals surface area contributed by atoms with Crippen molar-refractivity contribution in [2.75, 3.05) is 6.61 Å². The number of carbonyl (C=O) groups is 1.